The van der Waals surface area contributed by atoms with E-state index in [9.17, 15) is 9.59 Å². The first-order valence-electron chi connectivity index (χ1n) is 13.3. The molecule has 1 atom stereocenters. The standard InChI is InChI=1S/C28H44N4O7SSi/c1-11-12-37-27(34)30-14-23-31-25(38-32-23)20(29)16-40-15-19-22(39-41(9,10)28(5,6)17(2)3)13-21(35-7)18(4)24(19)26(33)36-8/h11,13,17,20H,1,12,14-16,29H2,2-10H3,(H,30,34)/t20-/m0/s1. The van der Waals surface area contributed by atoms with Crippen LogP contribution >= 0.6 is 11.8 Å². The van der Waals surface area contributed by atoms with Gasteiger partial charge in [0, 0.05) is 28.7 Å². The highest BCUT2D eigenvalue weighted by atomic mass is 32.2. The third kappa shape index (κ3) is 8.49. The first kappa shape index (κ1) is 34.2. The molecule has 2 aromatic rings. The van der Waals surface area contributed by atoms with E-state index in [0.717, 1.165) is 5.56 Å². The number of hydrogen-bond acceptors (Lipinski definition) is 11. The first-order valence-corrected chi connectivity index (χ1v) is 17.4. The molecule has 0 spiro atoms. The summed E-state index contributed by atoms with van der Waals surface area (Å²) in [5, 5.41) is 6.34. The summed E-state index contributed by atoms with van der Waals surface area (Å²) >= 11 is 1.50. The van der Waals surface area contributed by atoms with Gasteiger partial charge in [0.05, 0.1) is 32.4 Å². The fraction of sp³-hybridized carbons (Fsp3) is 0.571. The molecule has 2 rings (SSSR count). The molecule has 0 bridgehead atoms. The van der Waals surface area contributed by atoms with E-state index in [-0.39, 0.29) is 29.9 Å². The van der Waals surface area contributed by atoms with Crippen LogP contribution in [0.25, 0.3) is 0 Å². The maximum absolute atomic E-state index is 13.0. The van der Waals surface area contributed by atoms with Gasteiger partial charge in [-0.2, -0.15) is 16.7 Å². The van der Waals surface area contributed by atoms with Crippen molar-refractivity contribution in [2.75, 3.05) is 26.6 Å². The summed E-state index contributed by atoms with van der Waals surface area (Å²) in [6.07, 6.45) is 0.849. The Balaban J connectivity index is 2.28. The summed E-state index contributed by atoms with van der Waals surface area (Å²) in [6.45, 7) is 18.7. The molecule has 41 heavy (non-hydrogen) atoms. The molecular weight excluding hydrogens is 564 g/mol. The van der Waals surface area contributed by atoms with Gasteiger partial charge in [0.15, 0.2) is 5.82 Å². The molecule has 13 heteroatoms. The van der Waals surface area contributed by atoms with Crippen molar-refractivity contribution in [3.8, 4) is 11.5 Å². The van der Waals surface area contributed by atoms with Gasteiger partial charge in [0.2, 0.25) is 5.89 Å². The number of benzene rings is 1. The maximum atomic E-state index is 13.0. The minimum atomic E-state index is -2.34. The van der Waals surface area contributed by atoms with Crippen molar-refractivity contribution in [3.05, 3.63) is 47.1 Å². The highest BCUT2D eigenvalue weighted by Gasteiger charge is 2.45. The van der Waals surface area contributed by atoms with Crippen LogP contribution in [-0.2, 0) is 21.8 Å². The lowest BCUT2D eigenvalue weighted by Crippen LogP contribution is -2.48. The molecule has 0 aliphatic rings. The van der Waals surface area contributed by atoms with Crippen molar-refractivity contribution in [2.24, 2.45) is 11.7 Å². The van der Waals surface area contributed by atoms with Gasteiger partial charge in [-0.05, 0) is 31.0 Å². The fourth-order valence-electron chi connectivity index (χ4n) is 3.90. The minimum Gasteiger partial charge on any atom is -0.543 e. The highest BCUT2D eigenvalue weighted by Crippen LogP contribution is 2.47. The molecular formula is C28H44N4O7SSi. The van der Waals surface area contributed by atoms with Crippen LogP contribution in [0.15, 0.2) is 23.2 Å². The summed E-state index contributed by atoms with van der Waals surface area (Å²) in [7, 11) is 0.586. The van der Waals surface area contributed by atoms with Crippen molar-refractivity contribution in [1.29, 1.82) is 0 Å². The SMILES string of the molecule is C=CCOC(=O)NCc1noc([C@@H](N)CSCc2c(O[Si](C)(C)C(C)(C)C(C)C)cc(OC)c(C)c2C(=O)OC)n1. The van der Waals surface area contributed by atoms with Crippen molar-refractivity contribution in [2.45, 2.75) is 71.1 Å². The number of thioether (sulfide) groups is 1. The number of ether oxygens (including phenoxy) is 3. The Labute approximate surface area is 248 Å². The van der Waals surface area contributed by atoms with Crippen molar-refractivity contribution >= 4 is 32.1 Å². The summed E-state index contributed by atoms with van der Waals surface area (Å²) in [4.78, 5) is 28.9. The normalized spacial score (nSPS) is 12.6. The largest absolute Gasteiger partial charge is 0.543 e. The van der Waals surface area contributed by atoms with Gasteiger partial charge in [-0.25, -0.2) is 9.59 Å². The number of alkyl carbamates (subject to hydrolysis) is 1. The second-order valence-corrected chi connectivity index (χ2v) is 16.5. The number of amides is 1. The number of carbonyl (C=O) groups is 2. The van der Waals surface area contributed by atoms with E-state index in [1.807, 2.05) is 13.0 Å². The van der Waals surface area contributed by atoms with E-state index in [1.54, 1.807) is 7.11 Å². The number of aromatic nitrogens is 2. The number of nitrogens with zero attached hydrogens (tertiary/aromatic N) is 2. The summed E-state index contributed by atoms with van der Waals surface area (Å²) in [5.41, 5.74) is 8.17. The van der Waals surface area contributed by atoms with Gasteiger partial charge in [-0.1, -0.05) is 45.5 Å². The molecule has 11 nitrogen and oxygen atoms in total. The van der Waals surface area contributed by atoms with Gasteiger partial charge in [0.25, 0.3) is 8.32 Å². The van der Waals surface area contributed by atoms with E-state index in [1.165, 1.54) is 24.9 Å². The zero-order valence-electron chi connectivity index (χ0n) is 25.6. The van der Waals surface area contributed by atoms with Gasteiger partial charge in [0.1, 0.15) is 18.1 Å². The Morgan fingerprint density at radius 1 is 1.27 bits per heavy atom. The first-order chi connectivity index (χ1) is 19.2. The van der Waals surface area contributed by atoms with Crippen molar-refractivity contribution in [3.63, 3.8) is 0 Å². The molecule has 0 saturated heterocycles. The monoisotopic (exact) mass is 608 g/mol. The minimum absolute atomic E-state index is 0.0278. The zero-order chi connectivity index (χ0) is 31.0. The Kier molecular flexibility index (Phi) is 12.3. The number of methoxy groups -OCH3 is 2. The molecule has 0 fully saturated rings. The van der Waals surface area contributed by atoms with Crippen LogP contribution in [0.5, 0.6) is 11.5 Å². The molecule has 1 amide bonds. The van der Waals surface area contributed by atoms with E-state index < -0.39 is 26.4 Å². The average Bonchev–Trinajstić information content (AvgIpc) is 3.40. The smallest absolute Gasteiger partial charge is 0.407 e. The van der Waals surface area contributed by atoms with Crippen LogP contribution < -0.4 is 20.2 Å². The van der Waals surface area contributed by atoms with Gasteiger partial charge in [-0.3, -0.25) is 0 Å². The summed E-state index contributed by atoms with van der Waals surface area (Å²) in [6, 6.07) is 1.28. The Morgan fingerprint density at radius 2 is 1.95 bits per heavy atom. The molecule has 3 N–H and O–H groups in total. The Bertz CT molecular complexity index is 1220. The predicted molar refractivity (Wildman–Crippen MR) is 162 cm³/mol. The lowest BCUT2D eigenvalue weighted by Gasteiger charge is -2.43. The number of rotatable bonds is 15. The number of hydrogen-bond donors (Lipinski definition) is 2. The van der Waals surface area contributed by atoms with Gasteiger partial charge < -0.3 is 34.2 Å². The summed E-state index contributed by atoms with van der Waals surface area (Å²) < 4.78 is 27.8. The van der Waals surface area contributed by atoms with Crippen LogP contribution in [0.1, 0.15) is 66.9 Å². The molecule has 0 aliphatic heterocycles. The molecule has 1 heterocycles. The fourth-order valence-corrected chi connectivity index (χ4v) is 7.29. The lowest BCUT2D eigenvalue weighted by atomic mass is 9.99. The predicted octanol–water partition coefficient (Wildman–Crippen LogP) is 5.54. The van der Waals surface area contributed by atoms with E-state index >= 15 is 0 Å². The molecule has 228 valence electrons. The molecule has 1 aromatic heterocycles. The van der Waals surface area contributed by atoms with Gasteiger partial charge in [-0.15, -0.1) is 0 Å². The van der Waals surface area contributed by atoms with Crippen LogP contribution in [0.3, 0.4) is 0 Å². The van der Waals surface area contributed by atoms with E-state index in [2.05, 4.69) is 62.8 Å². The second-order valence-electron chi connectivity index (χ2n) is 10.9. The van der Waals surface area contributed by atoms with E-state index in [0.29, 0.717) is 40.0 Å². The third-order valence-electron chi connectivity index (χ3n) is 7.64. The second kappa shape index (κ2) is 14.7. The topological polar surface area (TPSA) is 148 Å². The number of esters is 1. The Morgan fingerprint density at radius 3 is 2.54 bits per heavy atom. The average molecular weight is 609 g/mol. The quantitative estimate of drug-likeness (QED) is 0.149. The number of carbonyl (C=O) groups excluding carboxylic acids is 2. The van der Waals surface area contributed by atoms with Crippen LogP contribution in [0, 0.1) is 12.8 Å². The van der Waals surface area contributed by atoms with Crippen LogP contribution in [0.2, 0.25) is 18.1 Å². The lowest BCUT2D eigenvalue weighted by molar-refractivity contribution is 0.0598. The Hall–Kier alpha value is -3.03. The molecule has 1 aromatic carbocycles. The maximum Gasteiger partial charge on any atom is 0.407 e. The van der Waals surface area contributed by atoms with E-state index in [4.69, 9.17) is 28.9 Å². The molecule has 0 saturated carbocycles. The van der Waals surface area contributed by atoms with Crippen LogP contribution in [-0.4, -0.2) is 57.1 Å². The number of nitrogens with one attached hydrogen (secondary N) is 1. The summed E-state index contributed by atoms with van der Waals surface area (Å²) in [5.74, 6) is 2.42. The number of nitrogens with two attached hydrogens (primary N) is 1. The molecule has 0 radical (unpaired) electrons. The van der Waals surface area contributed by atoms with Gasteiger partial charge >= 0.3 is 12.1 Å². The molecule has 0 aliphatic carbocycles. The van der Waals surface area contributed by atoms with Crippen molar-refractivity contribution in [1.82, 2.24) is 15.5 Å². The highest BCUT2D eigenvalue weighted by molar-refractivity contribution is 7.98. The third-order valence-corrected chi connectivity index (χ3v) is 13.1. The molecule has 0 unspecified atom stereocenters. The zero-order valence-corrected chi connectivity index (χ0v) is 27.4. The van der Waals surface area contributed by atoms with Crippen molar-refractivity contribution < 1.29 is 32.7 Å². The van der Waals surface area contributed by atoms with Crippen LogP contribution in [0.4, 0.5) is 4.79 Å².